The molecule has 1 N–H and O–H groups in total. The summed E-state index contributed by atoms with van der Waals surface area (Å²) in [5.74, 6) is 1.24. The molecule has 1 fully saturated rings. The normalized spacial score (nSPS) is 15.5. The minimum absolute atomic E-state index is 0.0420. The molecule has 0 unspecified atom stereocenters. The first kappa shape index (κ1) is 14.3. The van der Waals surface area contributed by atoms with Crippen molar-refractivity contribution in [3.05, 3.63) is 40.4 Å². The van der Waals surface area contributed by atoms with Gasteiger partial charge < -0.3 is 4.90 Å². The molecule has 3 rings (SSSR count). The monoisotopic (exact) mass is 295 g/mol. The molecular weight excluding hydrogens is 278 g/mol. The van der Waals surface area contributed by atoms with Crippen LogP contribution in [0.1, 0.15) is 25.3 Å². The van der Waals surface area contributed by atoms with Crippen molar-refractivity contribution in [3.8, 4) is 17.3 Å². The average Bonchev–Trinajstić information content (AvgIpc) is 2.55. The molecule has 2 aromatic rings. The summed E-state index contributed by atoms with van der Waals surface area (Å²) >= 11 is 0. The van der Waals surface area contributed by atoms with Gasteiger partial charge >= 0.3 is 0 Å². The Hall–Kier alpha value is -2.68. The van der Waals surface area contributed by atoms with Gasteiger partial charge in [0.05, 0.1) is 5.69 Å². The number of hydrogen-bond acceptors (Lipinski definition) is 5. The van der Waals surface area contributed by atoms with E-state index in [0.717, 1.165) is 31.5 Å². The predicted molar refractivity (Wildman–Crippen MR) is 83.4 cm³/mol. The van der Waals surface area contributed by atoms with E-state index in [1.54, 1.807) is 24.5 Å². The number of nitriles is 1. The van der Waals surface area contributed by atoms with Crippen LogP contribution in [0, 0.1) is 17.2 Å². The lowest BCUT2D eigenvalue weighted by Crippen LogP contribution is -2.35. The molecule has 0 atom stereocenters. The number of piperidine rings is 1. The number of aromatic amines is 1. The van der Waals surface area contributed by atoms with Gasteiger partial charge in [-0.1, -0.05) is 6.92 Å². The first-order valence-electron chi connectivity index (χ1n) is 7.39. The molecule has 0 amide bonds. The van der Waals surface area contributed by atoms with Crippen LogP contribution in [-0.4, -0.2) is 28.0 Å². The van der Waals surface area contributed by atoms with E-state index in [9.17, 15) is 10.1 Å². The maximum absolute atomic E-state index is 12.2. The zero-order chi connectivity index (χ0) is 15.5. The smallest absolute Gasteiger partial charge is 0.270 e. The third kappa shape index (κ3) is 2.70. The standard InChI is InChI=1S/C16H17N5O/c1-11-4-8-21(9-5-11)16-19-14(12-2-6-18-7-3-12)13(10-17)15(22)20-16/h2-3,6-7,11H,4-5,8-9H2,1H3,(H,19,20,22). The highest BCUT2D eigenvalue weighted by molar-refractivity contribution is 5.66. The molecule has 0 saturated carbocycles. The molecule has 6 heteroatoms. The third-order valence-electron chi connectivity index (χ3n) is 4.06. The second kappa shape index (κ2) is 5.98. The molecule has 0 aliphatic carbocycles. The molecule has 0 radical (unpaired) electrons. The van der Waals surface area contributed by atoms with Gasteiger partial charge in [0.15, 0.2) is 0 Å². The van der Waals surface area contributed by atoms with Crippen molar-refractivity contribution < 1.29 is 0 Å². The van der Waals surface area contributed by atoms with E-state index in [1.165, 1.54) is 0 Å². The summed E-state index contributed by atoms with van der Waals surface area (Å²) in [5.41, 5.74) is 0.796. The van der Waals surface area contributed by atoms with Gasteiger partial charge in [0, 0.05) is 31.0 Å². The topological polar surface area (TPSA) is 85.7 Å². The van der Waals surface area contributed by atoms with Crippen molar-refractivity contribution in [1.29, 1.82) is 5.26 Å². The highest BCUT2D eigenvalue weighted by Crippen LogP contribution is 2.23. The van der Waals surface area contributed by atoms with Crippen LogP contribution < -0.4 is 10.5 Å². The highest BCUT2D eigenvalue weighted by atomic mass is 16.1. The van der Waals surface area contributed by atoms with E-state index in [1.807, 2.05) is 6.07 Å². The molecule has 22 heavy (non-hydrogen) atoms. The van der Waals surface area contributed by atoms with E-state index in [2.05, 4.69) is 26.8 Å². The predicted octanol–water partition coefficient (Wildman–Crippen LogP) is 1.94. The number of H-pyrrole nitrogens is 1. The molecule has 112 valence electrons. The van der Waals surface area contributed by atoms with Gasteiger partial charge in [0.25, 0.3) is 5.56 Å². The van der Waals surface area contributed by atoms with Crippen molar-refractivity contribution in [2.45, 2.75) is 19.8 Å². The van der Waals surface area contributed by atoms with Crippen molar-refractivity contribution in [1.82, 2.24) is 15.0 Å². The maximum atomic E-state index is 12.2. The molecule has 1 saturated heterocycles. The van der Waals surface area contributed by atoms with Crippen molar-refractivity contribution in [2.24, 2.45) is 5.92 Å². The number of nitrogens with one attached hydrogen (secondary N) is 1. The van der Waals surface area contributed by atoms with Crippen LogP contribution in [-0.2, 0) is 0 Å². The second-order valence-corrected chi connectivity index (χ2v) is 5.63. The van der Waals surface area contributed by atoms with Crippen LogP contribution in [0.15, 0.2) is 29.3 Å². The molecule has 3 heterocycles. The molecule has 2 aromatic heterocycles. The summed E-state index contributed by atoms with van der Waals surface area (Å²) in [6.07, 6.45) is 5.41. The van der Waals surface area contributed by atoms with E-state index in [0.29, 0.717) is 17.6 Å². The summed E-state index contributed by atoms with van der Waals surface area (Å²) in [6.45, 7) is 3.96. The lowest BCUT2D eigenvalue weighted by Gasteiger charge is -2.30. The van der Waals surface area contributed by atoms with Crippen LogP contribution >= 0.6 is 0 Å². The molecule has 1 aliphatic rings. The largest absolute Gasteiger partial charge is 0.342 e. The fourth-order valence-corrected chi connectivity index (χ4v) is 2.65. The van der Waals surface area contributed by atoms with Crippen molar-refractivity contribution in [3.63, 3.8) is 0 Å². The van der Waals surface area contributed by atoms with Crippen LogP contribution in [0.25, 0.3) is 11.3 Å². The SMILES string of the molecule is CC1CCN(c2nc(-c3ccncc3)c(C#N)c(=O)[nH]2)CC1. The van der Waals surface area contributed by atoms with E-state index in [-0.39, 0.29) is 5.56 Å². The number of aromatic nitrogens is 3. The average molecular weight is 295 g/mol. The van der Waals surface area contributed by atoms with Gasteiger partial charge in [0.2, 0.25) is 5.95 Å². The van der Waals surface area contributed by atoms with Crippen LogP contribution in [0.3, 0.4) is 0 Å². The molecule has 0 aromatic carbocycles. The summed E-state index contributed by atoms with van der Waals surface area (Å²) in [7, 11) is 0. The summed E-state index contributed by atoms with van der Waals surface area (Å²) < 4.78 is 0. The van der Waals surface area contributed by atoms with Gasteiger partial charge in [-0.2, -0.15) is 5.26 Å². The van der Waals surface area contributed by atoms with Crippen molar-refractivity contribution in [2.75, 3.05) is 18.0 Å². The fourth-order valence-electron chi connectivity index (χ4n) is 2.65. The summed E-state index contributed by atoms with van der Waals surface area (Å²) in [5, 5.41) is 9.26. The Morgan fingerprint density at radius 1 is 1.32 bits per heavy atom. The van der Waals surface area contributed by atoms with Gasteiger partial charge in [-0.25, -0.2) is 4.98 Å². The molecule has 6 nitrogen and oxygen atoms in total. The Labute approximate surface area is 128 Å². The molecular formula is C16H17N5O. The zero-order valence-corrected chi connectivity index (χ0v) is 12.4. The lowest BCUT2D eigenvalue weighted by molar-refractivity contribution is 0.434. The second-order valence-electron chi connectivity index (χ2n) is 5.63. The van der Waals surface area contributed by atoms with Gasteiger partial charge in [-0.15, -0.1) is 0 Å². The Kier molecular flexibility index (Phi) is 3.88. The van der Waals surface area contributed by atoms with Gasteiger partial charge in [-0.05, 0) is 30.9 Å². The van der Waals surface area contributed by atoms with Gasteiger partial charge in [-0.3, -0.25) is 14.8 Å². The number of hydrogen-bond donors (Lipinski definition) is 1. The maximum Gasteiger partial charge on any atom is 0.270 e. The number of rotatable bonds is 2. The minimum atomic E-state index is -0.391. The molecule has 0 spiro atoms. The summed E-state index contributed by atoms with van der Waals surface area (Å²) in [4.78, 5) is 25.5. The molecule has 0 bridgehead atoms. The van der Waals surface area contributed by atoms with E-state index >= 15 is 0 Å². The Bertz CT molecular complexity index is 754. The summed E-state index contributed by atoms with van der Waals surface area (Å²) in [6, 6.07) is 5.46. The van der Waals surface area contributed by atoms with E-state index < -0.39 is 5.56 Å². The van der Waals surface area contributed by atoms with Crippen molar-refractivity contribution >= 4 is 5.95 Å². The minimum Gasteiger partial charge on any atom is -0.342 e. The first-order valence-corrected chi connectivity index (χ1v) is 7.39. The quantitative estimate of drug-likeness (QED) is 0.915. The highest BCUT2D eigenvalue weighted by Gasteiger charge is 2.20. The number of anilines is 1. The zero-order valence-electron chi connectivity index (χ0n) is 12.4. The first-order chi connectivity index (χ1) is 10.7. The van der Waals surface area contributed by atoms with Crippen LogP contribution in [0.2, 0.25) is 0 Å². The van der Waals surface area contributed by atoms with Crippen LogP contribution in [0.4, 0.5) is 5.95 Å². The molecule has 1 aliphatic heterocycles. The lowest BCUT2D eigenvalue weighted by atomic mass is 9.99. The Morgan fingerprint density at radius 2 is 2.00 bits per heavy atom. The number of pyridine rings is 1. The third-order valence-corrected chi connectivity index (χ3v) is 4.06. The fraction of sp³-hybridized carbons (Fsp3) is 0.375. The number of nitrogens with zero attached hydrogens (tertiary/aromatic N) is 4. The van der Waals surface area contributed by atoms with Crippen LogP contribution in [0.5, 0.6) is 0 Å². The Balaban J connectivity index is 2.06. The Morgan fingerprint density at radius 3 is 2.64 bits per heavy atom. The van der Waals surface area contributed by atoms with E-state index in [4.69, 9.17) is 0 Å². The van der Waals surface area contributed by atoms with Gasteiger partial charge in [0.1, 0.15) is 11.6 Å².